The van der Waals surface area contributed by atoms with E-state index in [0.717, 1.165) is 24.3 Å². The summed E-state index contributed by atoms with van der Waals surface area (Å²) in [5.41, 5.74) is 3.71. The fraction of sp³-hybridized carbons (Fsp3) is 0.333. The Morgan fingerprint density at radius 2 is 1.76 bits per heavy atom. The highest BCUT2D eigenvalue weighted by molar-refractivity contribution is 7.80. The van der Waals surface area contributed by atoms with Crippen molar-refractivity contribution in [1.82, 2.24) is 10.6 Å². The highest BCUT2D eigenvalue weighted by Crippen LogP contribution is 2.37. The summed E-state index contributed by atoms with van der Waals surface area (Å²) in [6.45, 7) is 7.92. The van der Waals surface area contributed by atoms with Crippen LogP contribution in [0.1, 0.15) is 32.4 Å². The topological polar surface area (TPSA) is 74.9 Å². The lowest BCUT2D eigenvalue weighted by Crippen LogP contribution is -2.45. The predicted molar refractivity (Wildman–Crippen MR) is 137 cm³/mol. The highest BCUT2D eigenvalue weighted by Gasteiger charge is 2.30. The molecular formula is C24H29ClN4O3S. The zero-order valence-corrected chi connectivity index (χ0v) is 21.0. The van der Waals surface area contributed by atoms with Crippen LogP contribution in [-0.2, 0) is 4.79 Å². The Morgan fingerprint density at radius 3 is 2.33 bits per heavy atom. The third-order valence-electron chi connectivity index (χ3n) is 5.59. The van der Waals surface area contributed by atoms with Gasteiger partial charge < -0.3 is 30.3 Å². The van der Waals surface area contributed by atoms with Crippen molar-refractivity contribution in [3.05, 3.63) is 58.3 Å². The van der Waals surface area contributed by atoms with Gasteiger partial charge in [0.15, 0.2) is 5.11 Å². The lowest BCUT2D eigenvalue weighted by atomic mass is 9.94. The van der Waals surface area contributed by atoms with E-state index in [1.165, 1.54) is 14.2 Å². The van der Waals surface area contributed by atoms with E-state index >= 15 is 0 Å². The molecule has 0 bridgehead atoms. The van der Waals surface area contributed by atoms with Crippen LogP contribution in [-0.4, -0.2) is 38.3 Å². The van der Waals surface area contributed by atoms with Crippen LogP contribution in [0, 0.1) is 0 Å². The minimum atomic E-state index is -0.412. The van der Waals surface area contributed by atoms with Crippen LogP contribution in [0.4, 0.5) is 11.4 Å². The normalized spacial score (nSPS) is 15.5. The van der Waals surface area contributed by atoms with Gasteiger partial charge in [0.05, 0.1) is 36.5 Å². The number of hydrogen-bond donors (Lipinski definition) is 3. The number of ether oxygens (including phenoxy) is 2. The molecule has 1 heterocycles. The first-order chi connectivity index (χ1) is 15.8. The van der Waals surface area contributed by atoms with Crippen LogP contribution in [0.15, 0.2) is 47.7 Å². The van der Waals surface area contributed by atoms with Crippen molar-refractivity contribution in [3.8, 4) is 11.5 Å². The van der Waals surface area contributed by atoms with Gasteiger partial charge in [-0.1, -0.05) is 23.7 Å². The summed E-state index contributed by atoms with van der Waals surface area (Å²) in [4.78, 5) is 15.7. The van der Waals surface area contributed by atoms with Crippen LogP contribution in [0.3, 0.4) is 0 Å². The number of thiocarbonyl (C=S) groups is 1. The Labute approximate surface area is 205 Å². The molecule has 9 heteroatoms. The standard InChI is InChI=1S/C24H29ClN4O3S/c1-6-29(7-2)16-10-8-15(9-11-16)22-21(14(3)26-24(33)28-22)23(30)27-18-13-19(31-4)17(25)12-20(18)32-5/h8-13,22H,6-7H2,1-5H3,(H,27,30)(H2,26,28,33). The summed E-state index contributed by atoms with van der Waals surface area (Å²) >= 11 is 11.6. The number of benzene rings is 2. The summed E-state index contributed by atoms with van der Waals surface area (Å²) in [5.74, 6) is 0.568. The largest absolute Gasteiger partial charge is 0.495 e. The van der Waals surface area contributed by atoms with E-state index in [0.29, 0.717) is 38.6 Å². The van der Waals surface area contributed by atoms with E-state index < -0.39 is 6.04 Å². The number of carbonyl (C=O) groups is 1. The number of carbonyl (C=O) groups excluding carboxylic acids is 1. The first-order valence-corrected chi connectivity index (χ1v) is 11.5. The number of nitrogens with one attached hydrogen (secondary N) is 3. The Bertz CT molecular complexity index is 1070. The van der Waals surface area contributed by atoms with Gasteiger partial charge in [0.1, 0.15) is 11.5 Å². The van der Waals surface area contributed by atoms with E-state index in [1.807, 2.05) is 19.1 Å². The van der Waals surface area contributed by atoms with Gasteiger partial charge in [-0.2, -0.15) is 0 Å². The maximum Gasteiger partial charge on any atom is 0.255 e. The summed E-state index contributed by atoms with van der Waals surface area (Å²) in [5, 5.41) is 10.1. The van der Waals surface area contributed by atoms with Crippen LogP contribution in [0.2, 0.25) is 5.02 Å². The second-order valence-electron chi connectivity index (χ2n) is 7.48. The smallest absolute Gasteiger partial charge is 0.255 e. The van der Waals surface area contributed by atoms with Crippen molar-refractivity contribution >= 4 is 46.2 Å². The number of amides is 1. The lowest BCUT2D eigenvalue weighted by Gasteiger charge is -2.31. The maximum atomic E-state index is 13.5. The molecule has 0 fully saturated rings. The average molecular weight is 489 g/mol. The predicted octanol–water partition coefficient (Wildman–Crippen LogP) is 4.63. The van der Waals surface area contributed by atoms with Crippen LogP contribution >= 0.6 is 23.8 Å². The quantitative estimate of drug-likeness (QED) is 0.467. The number of halogens is 1. The summed E-state index contributed by atoms with van der Waals surface area (Å²) in [7, 11) is 3.03. The van der Waals surface area contributed by atoms with Crippen LogP contribution in [0.25, 0.3) is 0 Å². The molecule has 0 saturated heterocycles. The molecule has 0 spiro atoms. The third-order valence-corrected chi connectivity index (χ3v) is 6.11. The van der Waals surface area contributed by atoms with Gasteiger partial charge in [-0.05, 0) is 50.7 Å². The highest BCUT2D eigenvalue weighted by atomic mass is 35.5. The Balaban J connectivity index is 1.95. The molecule has 3 rings (SSSR count). The zero-order valence-electron chi connectivity index (χ0n) is 19.4. The Morgan fingerprint density at radius 1 is 1.12 bits per heavy atom. The zero-order chi connectivity index (χ0) is 24.1. The first kappa shape index (κ1) is 24.7. The van der Waals surface area contributed by atoms with Crippen LogP contribution < -0.4 is 30.3 Å². The van der Waals surface area contributed by atoms with Gasteiger partial charge in [-0.3, -0.25) is 4.79 Å². The number of methoxy groups -OCH3 is 2. The number of allylic oxidation sites excluding steroid dienone is 1. The third kappa shape index (κ3) is 5.34. The van der Waals surface area contributed by atoms with E-state index in [9.17, 15) is 4.79 Å². The molecule has 176 valence electrons. The van der Waals surface area contributed by atoms with E-state index in [-0.39, 0.29) is 5.91 Å². The SMILES string of the molecule is CCN(CC)c1ccc(C2NC(=S)NC(C)=C2C(=O)Nc2cc(OC)c(Cl)cc2OC)cc1. The average Bonchev–Trinajstić information content (AvgIpc) is 2.80. The van der Waals surface area contributed by atoms with Crippen molar-refractivity contribution in [3.63, 3.8) is 0 Å². The molecule has 7 nitrogen and oxygen atoms in total. The number of nitrogens with zero attached hydrogens (tertiary/aromatic N) is 1. The molecule has 0 aromatic heterocycles. The Kier molecular flexibility index (Phi) is 8.05. The van der Waals surface area contributed by atoms with Gasteiger partial charge in [0.2, 0.25) is 0 Å². The van der Waals surface area contributed by atoms with Crippen LogP contribution in [0.5, 0.6) is 11.5 Å². The van der Waals surface area contributed by atoms with Crippen molar-refractivity contribution < 1.29 is 14.3 Å². The fourth-order valence-corrected chi connectivity index (χ4v) is 4.36. The number of anilines is 2. The summed E-state index contributed by atoms with van der Waals surface area (Å²) < 4.78 is 10.7. The fourth-order valence-electron chi connectivity index (χ4n) is 3.86. The second-order valence-corrected chi connectivity index (χ2v) is 8.29. The van der Waals surface area contributed by atoms with Gasteiger partial charge >= 0.3 is 0 Å². The minimum Gasteiger partial charge on any atom is -0.495 e. The summed E-state index contributed by atoms with van der Waals surface area (Å²) in [6.07, 6.45) is 0. The molecule has 0 saturated carbocycles. The van der Waals surface area contributed by atoms with Gasteiger partial charge in [-0.15, -0.1) is 0 Å². The molecule has 33 heavy (non-hydrogen) atoms. The van der Waals surface area contributed by atoms with E-state index in [2.05, 4.69) is 46.8 Å². The van der Waals surface area contributed by atoms with E-state index in [1.54, 1.807) is 12.1 Å². The molecule has 2 aromatic carbocycles. The molecule has 1 aliphatic heterocycles. The Hall–Kier alpha value is -2.97. The van der Waals surface area contributed by atoms with Crippen molar-refractivity contribution in [1.29, 1.82) is 0 Å². The molecule has 3 N–H and O–H groups in total. The molecule has 1 atom stereocenters. The molecular weight excluding hydrogens is 460 g/mol. The second kappa shape index (κ2) is 10.8. The molecule has 1 amide bonds. The van der Waals surface area contributed by atoms with E-state index in [4.69, 9.17) is 33.3 Å². The minimum absolute atomic E-state index is 0.296. The van der Waals surface area contributed by atoms with Gasteiger partial charge in [0, 0.05) is 36.6 Å². The number of rotatable bonds is 8. The van der Waals surface area contributed by atoms with Gasteiger partial charge in [-0.25, -0.2) is 0 Å². The molecule has 0 radical (unpaired) electrons. The monoisotopic (exact) mass is 488 g/mol. The molecule has 2 aromatic rings. The van der Waals surface area contributed by atoms with Gasteiger partial charge in [0.25, 0.3) is 5.91 Å². The maximum absolute atomic E-state index is 13.5. The molecule has 0 aliphatic carbocycles. The van der Waals surface area contributed by atoms with Crippen molar-refractivity contribution in [2.45, 2.75) is 26.8 Å². The summed E-state index contributed by atoms with van der Waals surface area (Å²) in [6, 6.07) is 11.0. The number of hydrogen-bond acceptors (Lipinski definition) is 5. The van der Waals surface area contributed by atoms with Crippen molar-refractivity contribution in [2.75, 3.05) is 37.5 Å². The van der Waals surface area contributed by atoms with Crippen molar-refractivity contribution in [2.24, 2.45) is 0 Å². The lowest BCUT2D eigenvalue weighted by molar-refractivity contribution is -0.113. The molecule has 1 aliphatic rings. The molecule has 1 unspecified atom stereocenters. The first-order valence-electron chi connectivity index (χ1n) is 10.7.